The van der Waals surface area contributed by atoms with Gasteiger partial charge in [-0.2, -0.15) is 5.10 Å². The second-order valence-corrected chi connectivity index (χ2v) is 11.9. The van der Waals surface area contributed by atoms with Gasteiger partial charge in [-0.3, -0.25) is 13.9 Å². The first-order valence-electron chi connectivity index (χ1n) is 12.9. The van der Waals surface area contributed by atoms with Gasteiger partial charge in [0.05, 0.1) is 22.8 Å². The monoisotopic (exact) mass is 648 g/mol. The molecular formula is C31H29BrN4O5S. The van der Waals surface area contributed by atoms with Gasteiger partial charge < -0.3 is 10.1 Å². The van der Waals surface area contributed by atoms with Gasteiger partial charge in [-0.25, -0.2) is 13.8 Å². The fourth-order valence-electron chi connectivity index (χ4n) is 3.89. The van der Waals surface area contributed by atoms with Crippen LogP contribution in [0.2, 0.25) is 0 Å². The fourth-order valence-corrected chi connectivity index (χ4v) is 5.60. The Balaban J connectivity index is 1.32. The fraction of sp³-hybridized carbons (Fsp3) is 0.129. The molecule has 11 heteroatoms. The van der Waals surface area contributed by atoms with Gasteiger partial charge in [0, 0.05) is 4.47 Å². The molecule has 0 fully saturated rings. The molecule has 0 bridgehead atoms. The Hall–Kier alpha value is -4.48. The van der Waals surface area contributed by atoms with Crippen LogP contribution in [-0.4, -0.2) is 39.6 Å². The van der Waals surface area contributed by atoms with Crippen LogP contribution in [0.1, 0.15) is 24.1 Å². The van der Waals surface area contributed by atoms with Crippen LogP contribution >= 0.6 is 15.9 Å². The number of rotatable bonds is 12. The maximum Gasteiger partial charge on any atom is 0.264 e. The lowest BCUT2D eigenvalue weighted by Gasteiger charge is -2.23. The molecule has 42 heavy (non-hydrogen) atoms. The SMILES string of the molecule is C[C@@H](NC(=O)COc1ccc(/C=N\NC(=O)CN(c2ccc(Br)cc2)S(=O)(=O)c2ccccc2)cc1)c1ccccc1. The number of carbonyl (C=O) groups is 2. The Morgan fingerprint density at radius 3 is 2.14 bits per heavy atom. The van der Waals surface area contributed by atoms with Gasteiger partial charge in [0.1, 0.15) is 12.3 Å². The highest BCUT2D eigenvalue weighted by atomic mass is 79.9. The summed E-state index contributed by atoms with van der Waals surface area (Å²) in [6, 6.07) is 30.8. The minimum absolute atomic E-state index is 0.0646. The third-order valence-corrected chi connectivity index (χ3v) is 8.38. The molecule has 0 aliphatic rings. The summed E-state index contributed by atoms with van der Waals surface area (Å²) < 4.78 is 34.1. The summed E-state index contributed by atoms with van der Waals surface area (Å²) in [5.41, 5.74) is 4.38. The molecule has 4 aromatic rings. The highest BCUT2D eigenvalue weighted by Gasteiger charge is 2.27. The summed E-state index contributed by atoms with van der Waals surface area (Å²) in [4.78, 5) is 25.1. The summed E-state index contributed by atoms with van der Waals surface area (Å²) >= 11 is 3.34. The third-order valence-electron chi connectivity index (χ3n) is 6.06. The molecule has 0 heterocycles. The van der Waals surface area contributed by atoms with Crippen molar-refractivity contribution in [1.29, 1.82) is 0 Å². The Morgan fingerprint density at radius 1 is 0.881 bits per heavy atom. The molecule has 2 amide bonds. The molecule has 0 saturated carbocycles. The quantitative estimate of drug-likeness (QED) is 0.165. The number of carbonyl (C=O) groups excluding carboxylic acids is 2. The maximum absolute atomic E-state index is 13.4. The van der Waals surface area contributed by atoms with Crippen LogP contribution in [0.3, 0.4) is 0 Å². The van der Waals surface area contributed by atoms with Crippen LogP contribution in [0.4, 0.5) is 5.69 Å². The van der Waals surface area contributed by atoms with Gasteiger partial charge in [-0.15, -0.1) is 0 Å². The van der Waals surface area contributed by atoms with Gasteiger partial charge in [0.25, 0.3) is 21.8 Å². The van der Waals surface area contributed by atoms with Crippen molar-refractivity contribution in [2.75, 3.05) is 17.5 Å². The molecule has 0 radical (unpaired) electrons. The number of amides is 2. The van der Waals surface area contributed by atoms with E-state index in [0.29, 0.717) is 17.0 Å². The zero-order valence-electron chi connectivity index (χ0n) is 22.7. The molecule has 0 aliphatic carbocycles. The van der Waals surface area contributed by atoms with Crippen molar-refractivity contribution in [3.8, 4) is 5.75 Å². The van der Waals surface area contributed by atoms with Gasteiger partial charge in [0.15, 0.2) is 6.61 Å². The van der Waals surface area contributed by atoms with E-state index in [9.17, 15) is 18.0 Å². The first-order valence-corrected chi connectivity index (χ1v) is 15.2. The van der Waals surface area contributed by atoms with Crippen molar-refractivity contribution in [2.24, 2.45) is 5.10 Å². The summed E-state index contributed by atoms with van der Waals surface area (Å²) in [5, 5.41) is 6.86. The molecule has 9 nitrogen and oxygen atoms in total. The van der Waals surface area contributed by atoms with Crippen molar-refractivity contribution in [3.05, 3.63) is 125 Å². The lowest BCUT2D eigenvalue weighted by Crippen LogP contribution is -2.39. The molecule has 216 valence electrons. The Kier molecular flexibility index (Phi) is 10.5. The number of hydrogen-bond acceptors (Lipinski definition) is 6. The standard InChI is InChI=1S/C31H29BrN4O5S/c1-23(25-8-4-2-5-9-25)34-31(38)22-41-28-18-12-24(13-19-28)20-33-35-30(37)21-36(27-16-14-26(32)15-17-27)42(39,40)29-10-6-3-7-11-29/h2-20,23H,21-22H2,1H3,(H,34,38)(H,35,37)/b33-20-/t23-/m1/s1. The van der Waals surface area contributed by atoms with Crippen LogP contribution < -0.4 is 19.8 Å². The van der Waals surface area contributed by atoms with E-state index in [2.05, 4.69) is 31.8 Å². The Morgan fingerprint density at radius 2 is 1.50 bits per heavy atom. The molecule has 0 saturated heterocycles. The number of hydrogen-bond donors (Lipinski definition) is 2. The number of halogens is 1. The van der Waals surface area contributed by atoms with E-state index in [-0.39, 0.29) is 23.5 Å². The number of nitrogens with one attached hydrogen (secondary N) is 2. The normalized spacial score (nSPS) is 12.0. The van der Waals surface area contributed by atoms with E-state index in [1.807, 2.05) is 37.3 Å². The zero-order valence-corrected chi connectivity index (χ0v) is 25.1. The molecule has 0 aliphatic heterocycles. The maximum atomic E-state index is 13.4. The number of sulfonamides is 1. The molecule has 4 aromatic carbocycles. The molecular weight excluding hydrogens is 620 g/mol. The van der Waals surface area contributed by atoms with Crippen LogP contribution in [-0.2, 0) is 19.6 Å². The van der Waals surface area contributed by atoms with Gasteiger partial charge in [0.2, 0.25) is 0 Å². The van der Waals surface area contributed by atoms with E-state index in [0.717, 1.165) is 14.3 Å². The highest BCUT2D eigenvalue weighted by Crippen LogP contribution is 2.25. The van der Waals surface area contributed by atoms with Crippen LogP contribution in [0, 0.1) is 0 Å². The number of anilines is 1. The lowest BCUT2D eigenvalue weighted by atomic mass is 10.1. The van der Waals surface area contributed by atoms with Crippen LogP contribution in [0.25, 0.3) is 0 Å². The Labute approximate surface area is 253 Å². The van der Waals surface area contributed by atoms with Crippen molar-refractivity contribution < 1.29 is 22.7 Å². The first kappa shape index (κ1) is 30.5. The molecule has 4 rings (SSSR count). The van der Waals surface area contributed by atoms with Gasteiger partial charge in [-0.05, 0) is 78.7 Å². The third kappa shape index (κ3) is 8.51. The van der Waals surface area contributed by atoms with E-state index in [4.69, 9.17) is 4.74 Å². The zero-order chi connectivity index (χ0) is 30.0. The van der Waals surface area contributed by atoms with Crippen molar-refractivity contribution in [1.82, 2.24) is 10.7 Å². The lowest BCUT2D eigenvalue weighted by molar-refractivity contribution is -0.123. The summed E-state index contributed by atoms with van der Waals surface area (Å²) in [7, 11) is -4.01. The molecule has 0 aromatic heterocycles. The summed E-state index contributed by atoms with van der Waals surface area (Å²) in [6.07, 6.45) is 1.42. The highest BCUT2D eigenvalue weighted by molar-refractivity contribution is 9.10. The second kappa shape index (κ2) is 14.4. The van der Waals surface area contributed by atoms with Crippen LogP contribution in [0.5, 0.6) is 5.75 Å². The minimum Gasteiger partial charge on any atom is -0.484 e. The number of ether oxygens (including phenoxy) is 1. The molecule has 2 N–H and O–H groups in total. The molecule has 1 atom stereocenters. The van der Waals surface area contributed by atoms with Crippen molar-refractivity contribution >= 4 is 49.7 Å². The van der Waals surface area contributed by atoms with E-state index in [1.54, 1.807) is 66.7 Å². The number of benzene rings is 4. The summed E-state index contributed by atoms with van der Waals surface area (Å²) in [5.74, 6) is -0.370. The smallest absolute Gasteiger partial charge is 0.264 e. The van der Waals surface area contributed by atoms with E-state index < -0.39 is 22.5 Å². The van der Waals surface area contributed by atoms with Crippen LogP contribution in [0.15, 0.2) is 124 Å². The predicted molar refractivity (Wildman–Crippen MR) is 166 cm³/mol. The summed E-state index contributed by atoms with van der Waals surface area (Å²) in [6.45, 7) is 1.29. The largest absolute Gasteiger partial charge is 0.484 e. The predicted octanol–water partition coefficient (Wildman–Crippen LogP) is 5.05. The average molecular weight is 650 g/mol. The van der Waals surface area contributed by atoms with Crippen molar-refractivity contribution in [3.63, 3.8) is 0 Å². The Bertz CT molecular complexity index is 1620. The topological polar surface area (TPSA) is 117 Å². The first-order chi connectivity index (χ1) is 20.2. The number of hydrazone groups is 1. The van der Waals surface area contributed by atoms with E-state index in [1.165, 1.54) is 18.3 Å². The minimum atomic E-state index is -4.01. The van der Waals surface area contributed by atoms with E-state index >= 15 is 0 Å². The molecule has 0 unspecified atom stereocenters. The second-order valence-electron chi connectivity index (χ2n) is 9.15. The van der Waals surface area contributed by atoms with Gasteiger partial charge in [-0.1, -0.05) is 64.5 Å². The number of nitrogens with zero attached hydrogens (tertiary/aromatic N) is 2. The molecule has 0 spiro atoms. The van der Waals surface area contributed by atoms with Gasteiger partial charge >= 0.3 is 0 Å². The van der Waals surface area contributed by atoms with Crippen molar-refractivity contribution in [2.45, 2.75) is 17.9 Å². The average Bonchev–Trinajstić information content (AvgIpc) is 3.01.